The second kappa shape index (κ2) is 3.77. The van der Waals surface area contributed by atoms with Gasteiger partial charge in [0.2, 0.25) is 0 Å². The highest BCUT2D eigenvalue weighted by Gasteiger charge is 1.85. The maximum absolute atomic E-state index is 3.95. The van der Waals surface area contributed by atoms with Gasteiger partial charge in [0, 0.05) is 6.07 Å². The molecule has 0 spiro atoms. The van der Waals surface area contributed by atoms with Gasteiger partial charge in [-0.1, -0.05) is 11.9 Å². The number of hydrogen-bond donors (Lipinski definition) is 0. The van der Waals surface area contributed by atoms with E-state index in [0.29, 0.717) is 0 Å². The molecule has 0 saturated heterocycles. The van der Waals surface area contributed by atoms with Gasteiger partial charge in [-0.15, -0.1) is 0 Å². The van der Waals surface area contributed by atoms with E-state index in [2.05, 4.69) is 18.0 Å². The zero-order valence-corrected chi connectivity index (χ0v) is 6.07. The average molecular weight is 135 g/mol. The summed E-state index contributed by atoms with van der Waals surface area (Å²) < 4.78 is 1.92. The maximum Gasteiger partial charge on any atom is 0.290 e. The predicted octanol–water partition coefficient (Wildman–Crippen LogP) is 1.25. The molecule has 0 bridgehead atoms. The number of hydrogen-bond acceptors (Lipinski definition) is 1. The normalized spacial score (nSPS) is 10.5. The SMILES string of the molecule is CCC=C[n+]1cccnc1. The van der Waals surface area contributed by atoms with Crippen molar-refractivity contribution in [2.45, 2.75) is 13.3 Å². The second-order valence-corrected chi connectivity index (χ2v) is 2.00. The average Bonchev–Trinajstić information content (AvgIpc) is 2.03. The van der Waals surface area contributed by atoms with E-state index in [1.807, 2.05) is 23.0 Å². The molecule has 52 valence electrons. The Kier molecular flexibility index (Phi) is 2.62. The lowest BCUT2D eigenvalue weighted by molar-refractivity contribution is -0.572. The molecule has 0 atom stereocenters. The van der Waals surface area contributed by atoms with E-state index in [4.69, 9.17) is 0 Å². The molecule has 0 saturated carbocycles. The van der Waals surface area contributed by atoms with Gasteiger partial charge in [-0.2, -0.15) is 0 Å². The van der Waals surface area contributed by atoms with Crippen molar-refractivity contribution < 1.29 is 4.57 Å². The van der Waals surface area contributed by atoms with Crippen LogP contribution in [0.15, 0.2) is 30.9 Å². The second-order valence-electron chi connectivity index (χ2n) is 2.00. The minimum Gasteiger partial charge on any atom is -0.210 e. The number of allylic oxidation sites excluding steroid dienone is 1. The molecular formula is C8H11N2+. The topological polar surface area (TPSA) is 16.8 Å². The Balaban J connectivity index is 2.67. The van der Waals surface area contributed by atoms with Crippen LogP contribution < -0.4 is 4.57 Å². The summed E-state index contributed by atoms with van der Waals surface area (Å²) in [6.07, 6.45) is 10.6. The molecule has 0 radical (unpaired) electrons. The molecule has 0 aromatic carbocycles. The van der Waals surface area contributed by atoms with E-state index in [1.54, 1.807) is 12.5 Å². The largest absolute Gasteiger partial charge is 0.290 e. The molecule has 2 nitrogen and oxygen atoms in total. The molecule has 0 unspecified atom stereocenters. The number of rotatable bonds is 2. The van der Waals surface area contributed by atoms with Crippen LogP contribution in [0.4, 0.5) is 0 Å². The van der Waals surface area contributed by atoms with Gasteiger partial charge in [0.15, 0.2) is 0 Å². The lowest BCUT2D eigenvalue weighted by atomic mass is 10.5. The molecule has 1 heterocycles. The van der Waals surface area contributed by atoms with Gasteiger partial charge in [0.25, 0.3) is 6.33 Å². The monoisotopic (exact) mass is 135 g/mol. The fraction of sp³-hybridized carbons (Fsp3) is 0.250. The summed E-state index contributed by atoms with van der Waals surface area (Å²) in [4.78, 5) is 3.95. The lowest BCUT2D eigenvalue weighted by Crippen LogP contribution is -2.24. The van der Waals surface area contributed by atoms with E-state index in [-0.39, 0.29) is 0 Å². The molecule has 0 aliphatic rings. The van der Waals surface area contributed by atoms with Crippen molar-refractivity contribution in [3.8, 4) is 0 Å². The van der Waals surface area contributed by atoms with Crippen molar-refractivity contribution in [3.63, 3.8) is 0 Å². The summed E-state index contributed by atoms with van der Waals surface area (Å²) in [5.41, 5.74) is 0. The fourth-order valence-electron chi connectivity index (χ4n) is 0.657. The third-order valence-corrected chi connectivity index (χ3v) is 1.14. The molecule has 1 aromatic rings. The molecule has 1 rings (SSSR count). The molecule has 0 fully saturated rings. The van der Waals surface area contributed by atoms with Crippen LogP contribution in [0.2, 0.25) is 0 Å². The molecule has 1 aromatic heterocycles. The Morgan fingerprint density at radius 3 is 3.10 bits per heavy atom. The Hall–Kier alpha value is -1.18. The summed E-state index contributed by atoms with van der Waals surface area (Å²) in [5, 5.41) is 0. The van der Waals surface area contributed by atoms with Crippen LogP contribution in [0.1, 0.15) is 13.3 Å². The molecule has 0 aliphatic carbocycles. The Morgan fingerprint density at radius 1 is 1.60 bits per heavy atom. The summed E-state index contributed by atoms with van der Waals surface area (Å²) in [6, 6.07) is 1.90. The van der Waals surface area contributed by atoms with Gasteiger partial charge in [0.1, 0.15) is 6.20 Å². The molecule has 0 N–H and O–H groups in total. The Morgan fingerprint density at radius 2 is 2.50 bits per heavy atom. The van der Waals surface area contributed by atoms with Crippen LogP contribution in [-0.4, -0.2) is 4.98 Å². The first kappa shape index (κ1) is 6.93. The first-order chi connectivity index (χ1) is 4.93. The van der Waals surface area contributed by atoms with Crippen molar-refractivity contribution in [2.24, 2.45) is 0 Å². The van der Waals surface area contributed by atoms with Crippen LogP contribution >= 0.6 is 0 Å². The molecule has 0 amide bonds. The van der Waals surface area contributed by atoms with Gasteiger partial charge in [0.05, 0.1) is 12.4 Å². The van der Waals surface area contributed by atoms with Crippen LogP contribution in [0, 0.1) is 0 Å². The van der Waals surface area contributed by atoms with Crippen molar-refractivity contribution >= 4 is 6.20 Å². The minimum absolute atomic E-state index is 1.06. The third-order valence-electron chi connectivity index (χ3n) is 1.14. The standard InChI is InChI=1S/C8H11N2/c1-2-3-6-10-7-4-5-9-8-10/h3-8H,2H2,1H3/q+1. The molecule has 10 heavy (non-hydrogen) atoms. The quantitative estimate of drug-likeness (QED) is 0.558. The molecular weight excluding hydrogens is 124 g/mol. The first-order valence-electron chi connectivity index (χ1n) is 3.41. The van der Waals surface area contributed by atoms with Gasteiger partial charge >= 0.3 is 0 Å². The Bertz CT molecular complexity index is 204. The summed E-state index contributed by atoms with van der Waals surface area (Å²) >= 11 is 0. The van der Waals surface area contributed by atoms with E-state index < -0.39 is 0 Å². The maximum atomic E-state index is 3.95. The highest BCUT2D eigenvalue weighted by atomic mass is 15.0. The van der Waals surface area contributed by atoms with Gasteiger partial charge in [-0.25, -0.2) is 4.57 Å². The van der Waals surface area contributed by atoms with Crippen LogP contribution in [-0.2, 0) is 0 Å². The van der Waals surface area contributed by atoms with E-state index in [0.717, 1.165) is 6.42 Å². The smallest absolute Gasteiger partial charge is 0.210 e. The van der Waals surface area contributed by atoms with Crippen LogP contribution in [0.3, 0.4) is 0 Å². The molecule has 0 aliphatic heterocycles. The Labute approximate surface area is 60.9 Å². The van der Waals surface area contributed by atoms with Crippen LogP contribution in [0.25, 0.3) is 6.20 Å². The predicted molar refractivity (Wildman–Crippen MR) is 40.1 cm³/mol. The van der Waals surface area contributed by atoms with Gasteiger partial charge in [-0.3, -0.25) is 0 Å². The minimum atomic E-state index is 1.06. The first-order valence-corrected chi connectivity index (χ1v) is 3.41. The van der Waals surface area contributed by atoms with Gasteiger partial charge < -0.3 is 0 Å². The summed E-state index contributed by atoms with van der Waals surface area (Å²) in [5.74, 6) is 0. The van der Waals surface area contributed by atoms with Crippen molar-refractivity contribution in [3.05, 3.63) is 30.9 Å². The van der Waals surface area contributed by atoms with Crippen molar-refractivity contribution in [1.29, 1.82) is 0 Å². The number of aromatic nitrogens is 2. The fourth-order valence-corrected chi connectivity index (χ4v) is 0.657. The van der Waals surface area contributed by atoms with E-state index >= 15 is 0 Å². The van der Waals surface area contributed by atoms with Crippen LogP contribution in [0.5, 0.6) is 0 Å². The van der Waals surface area contributed by atoms with E-state index in [1.165, 1.54) is 0 Å². The zero-order chi connectivity index (χ0) is 7.23. The van der Waals surface area contributed by atoms with E-state index in [9.17, 15) is 0 Å². The highest BCUT2D eigenvalue weighted by molar-refractivity contribution is 5.04. The van der Waals surface area contributed by atoms with Gasteiger partial charge in [-0.05, 0) is 12.5 Å². The van der Waals surface area contributed by atoms with Crippen molar-refractivity contribution in [1.82, 2.24) is 4.98 Å². The summed E-state index contributed by atoms with van der Waals surface area (Å²) in [7, 11) is 0. The lowest BCUT2D eigenvalue weighted by Gasteiger charge is -1.84. The van der Waals surface area contributed by atoms with Crippen molar-refractivity contribution in [2.75, 3.05) is 0 Å². The zero-order valence-electron chi connectivity index (χ0n) is 6.07. The number of nitrogens with zero attached hydrogens (tertiary/aromatic N) is 2. The third kappa shape index (κ3) is 1.97. The molecule has 2 heteroatoms. The highest BCUT2D eigenvalue weighted by Crippen LogP contribution is 1.77. The summed E-state index contributed by atoms with van der Waals surface area (Å²) in [6.45, 7) is 2.10.